The second-order valence-electron chi connectivity index (χ2n) is 9.68. The molecule has 4 rings (SSSR count). The number of aromatic nitrogens is 4. The molecule has 35 heavy (non-hydrogen) atoms. The van der Waals surface area contributed by atoms with Crippen LogP contribution >= 0.6 is 0 Å². The van der Waals surface area contributed by atoms with Crippen molar-refractivity contribution in [1.29, 1.82) is 0 Å². The molecule has 0 spiro atoms. The van der Waals surface area contributed by atoms with Gasteiger partial charge in [-0.25, -0.2) is 23.0 Å². The first-order valence-electron chi connectivity index (χ1n) is 11.7. The summed E-state index contributed by atoms with van der Waals surface area (Å²) in [5.74, 6) is 1.86. The second kappa shape index (κ2) is 9.27. The van der Waals surface area contributed by atoms with E-state index in [9.17, 15) is 8.42 Å². The first-order valence-corrected chi connectivity index (χ1v) is 13.6. The standard InChI is InChI=1S/C24H34N6O4S/c1-8-9-10-18-16(4)26-22(25-15(2)3)30(18)23-27-20(24(5,6)35(7,31)32)19-21(28-23)29-11-12-33-13-17(29)14-34-19/h8-10,15,17H,1,11-14H2,2-7H3,(H,25,26)/b10-9-/t17-/m0/s1. The van der Waals surface area contributed by atoms with Gasteiger partial charge in [-0.05, 0) is 40.7 Å². The lowest BCUT2D eigenvalue weighted by atomic mass is 10.1. The van der Waals surface area contributed by atoms with E-state index in [0.29, 0.717) is 55.5 Å². The minimum absolute atomic E-state index is 0.00823. The van der Waals surface area contributed by atoms with Crippen LogP contribution in [0.1, 0.15) is 44.8 Å². The summed E-state index contributed by atoms with van der Waals surface area (Å²) >= 11 is 0. The molecule has 2 aliphatic rings. The summed E-state index contributed by atoms with van der Waals surface area (Å²) in [5, 5.41) is 3.36. The van der Waals surface area contributed by atoms with E-state index in [1.54, 1.807) is 19.9 Å². The highest BCUT2D eigenvalue weighted by atomic mass is 32.2. The second-order valence-corrected chi connectivity index (χ2v) is 12.2. The van der Waals surface area contributed by atoms with E-state index in [-0.39, 0.29) is 12.1 Å². The lowest BCUT2D eigenvalue weighted by molar-refractivity contribution is 0.0691. The van der Waals surface area contributed by atoms with Crippen LogP contribution in [0.4, 0.5) is 11.8 Å². The van der Waals surface area contributed by atoms with Gasteiger partial charge in [0.15, 0.2) is 21.4 Å². The molecule has 1 atom stereocenters. The maximum atomic E-state index is 12.9. The Labute approximate surface area is 207 Å². The highest BCUT2D eigenvalue weighted by molar-refractivity contribution is 7.91. The SMILES string of the molecule is C=C/C=C\c1c(C)nc(NC(C)C)n1-c1nc2c(c(C(C)(C)S(C)(=O)=O)n1)OC[C@@H]1COCCN21. The predicted octanol–water partition coefficient (Wildman–Crippen LogP) is 2.87. The third kappa shape index (κ3) is 4.54. The summed E-state index contributed by atoms with van der Waals surface area (Å²) < 4.78 is 38.0. The first-order chi connectivity index (χ1) is 16.5. The number of hydrogen-bond acceptors (Lipinski definition) is 9. The molecule has 0 aromatic carbocycles. The number of morpholine rings is 1. The summed E-state index contributed by atoms with van der Waals surface area (Å²) in [6, 6.07) is 0.0920. The van der Waals surface area contributed by atoms with Gasteiger partial charge in [-0.1, -0.05) is 18.7 Å². The van der Waals surface area contributed by atoms with Crippen molar-refractivity contribution in [3.63, 3.8) is 0 Å². The van der Waals surface area contributed by atoms with Gasteiger partial charge in [0.1, 0.15) is 17.0 Å². The van der Waals surface area contributed by atoms with Crippen LogP contribution in [0.25, 0.3) is 12.0 Å². The number of nitrogens with one attached hydrogen (secondary N) is 1. The van der Waals surface area contributed by atoms with Gasteiger partial charge in [-0.2, -0.15) is 4.98 Å². The zero-order valence-corrected chi connectivity index (χ0v) is 22.0. The Morgan fingerprint density at radius 2 is 1.97 bits per heavy atom. The Morgan fingerprint density at radius 1 is 1.23 bits per heavy atom. The number of aryl methyl sites for hydroxylation is 1. The molecule has 0 unspecified atom stereocenters. The lowest BCUT2D eigenvalue weighted by Crippen LogP contribution is -2.52. The highest BCUT2D eigenvalue weighted by Crippen LogP contribution is 2.43. The van der Waals surface area contributed by atoms with Gasteiger partial charge in [-0.15, -0.1) is 0 Å². The number of hydrogen-bond donors (Lipinski definition) is 1. The van der Waals surface area contributed by atoms with E-state index >= 15 is 0 Å². The van der Waals surface area contributed by atoms with Crippen LogP contribution in [-0.4, -0.2) is 72.6 Å². The molecule has 2 aromatic rings. The molecule has 2 aromatic heterocycles. The van der Waals surface area contributed by atoms with Crippen molar-refractivity contribution in [2.75, 3.05) is 42.8 Å². The topological polar surface area (TPSA) is 111 Å². The van der Waals surface area contributed by atoms with Crippen LogP contribution in [0.15, 0.2) is 18.7 Å². The average Bonchev–Trinajstić information content (AvgIpc) is 3.09. The summed E-state index contributed by atoms with van der Waals surface area (Å²) in [7, 11) is -3.55. The van der Waals surface area contributed by atoms with Crippen molar-refractivity contribution in [3.05, 3.63) is 35.8 Å². The highest BCUT2D eigenvalue weighted by Gasteiger charge is 2.43. The number of sulfone groups is 1. The molecule has 11 heteroatoms. The van der Waals surface area contributed by atoms with Crippen molar-refractivity contribution >= 4 is 27.7 Å². The van der Waals surface area contributed by atoms with Gasteiger partial charge in [-0.3, -0.25) is 0 Å². The summed E-state index contributed by atoms with van der Waals surface area (Å²) in [6.45, 7) is 15.1. The third-order valence-corrected chi connectivity index (χ3v) is 8.41. The van der Waals surface area contributed by atoms with Crippen LogP contribution in [0.3, 0.4) is 0 Å². The molecule has 0 saturated carbocycles. The quantitative estimate of drug-likeness (QED) is 0.571. The number of ether oxygens (including phenoxy) is 2. The Kier molecular flexibility index (Phi) is 6.67. The van der Waals surface area contributed by atoms with Crippen LogP contribution in [-0.2, 0) is 19.3 Å². The maximum absolute atomic E-state index is 12.9. The molecule has 0 bridgehead atoms. The predicted molar refractivity (Wildman–Crippen MR) is 137 cm³/mol. The molecule has 190 valence electrons. The first kappa shape index (κ1) is 25.2. The number of imidazole rings is 1. The number of rotatable bonds is 7. The van der Waals surface area contributed by atoms with Crippen LogP contribution in [0, 0.1) is 6.92 Å². The normalized spacial score (nSPS) is 18.4. The lowest BCUT2D eigenvalue weighted by Gasteiger charge is -2.41. The average molecular weight is 503 g/mol. The third-order valence-electron chi connectivity index (χ3n) is 6.36. The zero-order valence-electron chi connectivity index (χ0n) is 21.2. The van der Waals surface area contributed by atoms with Crippen LogP contribution in [0.5, 0.6) is 5.75 Å². The fourth-order valence-corrected chi connectivity index (χ4v) is 4.63. The summed E-state index contributed by atoms with van der Waals surface area (Å²) in [5.41, 5.74) is 1.87. The molecule has 10 nitrogen and oxygen atoms in total. The molecule has 4 heterocycles. The fourth-order valence-electron chi connectivity index (χ4n) is 4.14. The Morgan fingerprint density at radius 3 is 2.63 bits per heavy atom. The van der Waals surface area contributed by atoms with Gasteiger partial charge < -0.3 is 19.7 Å². The Balaban J connectivity index is 2.04. The molecule has 0 amide bonds. The van der Waals surface area contributed by atoms with Gasteiger partial charge >= 0.3 is 0 Å². The number of anilines is 2. The minimum Gasteiger partial charge on any atom is -0.486 e. The van der Waals surface area contributed by atoms with E-state index in [4.69, 9.17) is 24.4 Å². The Bertz CT molecular complexity index is 1270. The van der Waals surface area contributed by atoms with E-state index in [1.165, 1.54) is 6.26 Å². The maximum Gasteiger partial charge on any atom is 0.239 e. The smallest absolute Gasteiger partial charge is 0.239 e. The minimum atomic E-state index is -3.55. The van der Waals surface area contributed by atoms with Crippen molar-refractivity contribution in [1.82, 2.24) is 19.5 Å². The monoisotopic (exact) mass is 502 g/mol. The molecule has 0 radical (unpaired) electrons. The van der Waals surface area contributed by atoms with Crippen LogP contribution in [0.2, 0.25) is 0 Å². The molecular weight excluding hydrogens is 468 g/mol. The largest absolute Gasteiger partial charge is 0.486 e. The van der Waals surface area contributed by atoms with Crippen molar-refractivity contribution in [3.8, 4) is 11.7 Å². The molecule has 1 fully saturated rings. The van der Waals surface area contributed by atoms with Crippen molar-refractivity contribution in [2.24, 2.45) is 0 Å². The van der Waals surface area contributed by atoms with Crippen molar-refractivity contribution in [2.45, 2.75) is 51.4 Å². The Hall–Kier alpha value is -2.92. The number of allylic oxidation sites excluding steroid dienone is 2. The van der Waals surface area contributed by atoms with Gasteiger partial charge in [0.2, 0.25) is 11.9 Å². The van der Waals surface area contributed by atoms with Crippen molar-refractivity contribution < 1.29 is 17.9 Å². The number of nitrogens with zero attached hydrogens (tertiary/aromatic N) is 5. The molecular formula is C24H34N6O4S. The summed E-state index contributed by atoms with van der Waals surface area (Å²) in [4.78, 5) is 16.6. The van der Waals surface area contributed by atoms with Gasteiger partial charge in [0.05, 0.1) is 30.6 Å². The molecule has 1 saturated heterocycles. The molecule has 1 N–H and O–H groups in total. The zero-order chi connectivity index (χ0) is 25.5. The van der Waals surface area contributed by atoms with E-state index in [2.05, 4.69) is 16.8 Å². The fraction of sp³-hybridized carbons (Fsp3) is 0.542. The molecule has 0 aliphatic carbocycles. The van der Waals surface area contributed by atoms with E-state index < -0.39 is 14.6 Å². The molecule has 2 aliphatic heterocycles. The summed E-state index contributed by atoms with van der Waals surface area (Å²) in [6.07, 6.45) is 6.61. The number of fused-ring (bicyclic) bond motifs is 3. The van der Waals surface area contributed by atoms with E-state index in [1.807, 2.05) is 37.5 Å². The van der Waals surface area contributed by atoms with Crippen LogP contribution < -0.4 is 15.0 Å². The van der Waals surface area contributed by atoms with E-state index in [0.717, 1.165) is 11.4 Å². The van der Waals surface area contributed by atoms with Gasteiger partial charge in [0.25, 0.3) is 0 Å². The van der Waals surface area contributed by atoms with Gasteiger partial charge in [0, 0.05) is 18.8 Å².